The van der Waals surface area contributed by atoms with Gasteiger partial charge in [0.25, 0.3) is 5.91 Å². The first-order chi connectivity index (χ1) is 10.2. The van der Waals surface area contributed by atoms with Crippen molar-refractivity contribution in [1.82, 2.24) is 5.32 Å². The molecule has 0 atom stereocenters. The first-order valence-electron chi connectivity index (χ1n) is 6.41. The van der Waals surface area contributed by atoms with Gasteiger partial charge in [0, 0.05) is 5.39 Å². The number of thiophene rings is 1. The van der Waals surface area contributed by atoms with E-state index in [0.29, 0.717) is 4.88 Å². The summed E-state index contributed by atoms with van der Waals surface area (Å²) in [6.07, 6.45) is 0. The summed E-state index contributed by atoms with van der Waals surface area (Å²) in [5.74, 6) is -0.156. The van der Waals surface area contributed by atoms with E-state index >= 15 is 0 Å². The molecule has 21 heavy (non-hydrogen) atoms. The van der Waals surface area contributed by atoms with Gasteiger partial charge in [0.2, 0.25) is 5.96 Å². The van der Waals surface area contributed by atoms with Crippen LogP contribution in [0.4, 0.5) is 5.69 Å². The average molecular weight is 295 g/mol. The Bertz CT molecular complexity index is 804. The Morgan fingerprint density at radius 3 is 2.67 bits per heavy atom. The Morgan fingerprint density at radius 1 is 1.05 bits per heavy atom. The molecule has 0 aliphatic rings. The number of benzene rings is 2. The molecule has 0 saturated heterocycles. The van der Waals surface area contributed by atoms with E-state index in [1.54, 1.807) is 6.07 Å². The van der Waals surface area contributed by atoms with E-state index in [9.17, 15) is 4.79 Å². The van der Waals surface area contributed by atoms with Crippen molar-refractivity contribution in [2.45, 2.75) is 0 Å². The van der Waals surface area contributed by atoms with Crippen molar-refractivity contribution in [1.29, 1.82) is 0 Å². The van der Waals surface area contributed by atoms with Crippen molar-refractivity contribution < 1.29 is 4.79 Å². The fourth-order valence-corrected chi connectivity index (χ4v) is 2.67. The smallest absolute Gasteiger partial charge is 0.268 e. The van der Waals surface area contributed by atoms with E-state index < -0.39 is 0 Å². The first kappa shape index (κ1) is 13.3. The van der Waals surface area contributed by atoms with E-state index in [1.807, 2.05) is 53.9 Å². The maximum atomic E-state index is 11.9. The summed E-state index contributed by atoms with van der Waals surface area (Å²) in [5, 5.41) is 6.51. The summed E-state index contributed by atoms with van der Waals surface area (Å²) in [7, 11) is 0. The number of carbonyl (C=O) groups excluding carboxylic acids is 1. The number of nitrogens with two attached hydrogens (primary N) is 1. The van der Waals surface area contributed by atoms with Gasteiger partial charge in [-0.05, 0) is 22.9 Å². The summed E-state index contributed by atoms with van der Waals surface area (Å²) in [4.78, 5) is 16.8. The highest BCUT2D eigenvalue weighted by molar-refractivity contribution is 7.12. The number of amides is 1. The van der Waals surface area contributed by atoms with Crippen LogP contribution >= 0.6 is 11.3 Å². The molecule has 2 aromatic carbocycles. The Kier molecular flexibility index (Phi) is 3.66. The molecule has 0 fully saturated rings. The molecule has 0 bridgehead atoms. The van der Waals surface area contributed by atoms with Gasteiger partial charge in [-0.1, -0.05) is 42.5 Å². The minimum atomic E-state index is -0.244. The lowest BCUT2D eigenvalue weighted by atomic mass is 10.1. The molecule has 0 spiro atoms. The Labute approximate surface area is 125 Å². The van der Waals surface area contributed by atoms with Gasteiger partial charge in [0.05, 0.1) is 10.6 Å². The molecule has 1 aromatic heterocycles. The van der Waals surface area contributed by atoms with Crippen molar-refractivity contribution in [3.63, 3.8) is 0 Å². The van der Waals surface area contributed by atoms with Gasteiger partial charge in [-0.2, -0.15) is 0 Å². The summed E-state index contributed by atoms with van der Waals surface area (Å²) in [6.45, 7) is 0. The lowest BCUT2D eigenvalue weighted by molar-refractivity contribution is 0.0980. The third kappa shape index (κ3) is 2.93. The van der Waals surface area contributed by atoms with Crippen LogP contribution in [0.5, 0.6) is 0 Å². The number of nitrogens with zero attached hydrogens (tertiary/aromatic N) is 1. The molecule has 0 radical (unpaired) electrons. The number of carbonyl (C=O) groups is 1. The number of rotatable bonds is 2. The van der Waals surface area contributed by atoms with E-state index in [0.717, 1.165) is 16.5 Å². The summed E-state index contributed by atoms with van der Waals surface area (Å²) in [6, 6.07) is 17.2. The van der Waals surface area contributed by atoms with Gasteiger partial charge < -0.3 is 5.73 Å². The lowest BCUT2D eigenvalue weighted by Gasteiger charge is -2.05. The van der Waals surface area contributed by atoms with Crippen LogP contribution in [0.25, 0.3) is 10.8 Å². The normalized spacial score (nSPS) is 11.5. The van der Waals surface area contributed by atoms with Crippen LogP contribution in [-0.4, -0.2) is 11.9 Å². The van der Waals surface area contributed by atoms with Crippen molar-refractivity contribution >= 4 is 39.7 Å². The zero-order chi connectivity index (χ0) is 14.7. The van der Waals surface area contributed by atoms with E-state index in [2.05, 4.69) is 10.3 Å². The highest BCUT2D eigenvalue weighted by Gasteiger charge is 2.08. The lowest BCUT2D eigenvalue weighted by Crippen LogP contribution is -2.36. The number of nitrogens with one attached hydrogen (secondary N) is 1. The molecule has 1 amide bonds. The Morgan fingerprint density at radius 2 is 1.86 bits per heavy atom. The zero-order valence-electron chi connectivity index (χ0n) is 11.1. The van der Waals surface area contributed by atoms with Crippen LogP contribution in [0, 0.1) is 0 Å². The highest BCUT2D eigenvalue weighted by Crippen LogP contribution is 2.25. The van der Waals surface area contributed by atoms with Crippen molar-refractivity contribution in [2.24, 2.45) is 10.7 Å². The van der Waals surface area contributed by atoms with Gasteiger partial charge in [0.1, 0.15) is 0 Å². The molecule has 1 heterocycles. The number of fused-ring (bicyclic) bond motifs is 1. The highest BCUT2D eigenvalue weighted by atomic mass is 32.1. The first-order valence-corrected chi connectivity index (χ1v) is 7.29. The van der Waals surface area contributed by atoms with Crippen LogP contribution in [0.15, 0.2) is 65.0 Å². The molecule has 3 aromatic rings. The molecular weight excluding hydrogens is 282 g/mol. The fourth-order valence-electron chi connectivity index (χ4n) is 2.05. The van der Waals surface area contributed by atoms with Crippen molar-refractivity contribution in [3.8, 4) is 0 Å². The Hall–Kier alpha value is -2.66. The molecule has 0 aliphatic carbocycles. The Balaban J connectivity index is 1.88. The van der Waals surface area contributed by atoms with Gasteiger partial charge in [-0.25, -0.2) is 4.99 Å². The van der Waals surface area contributed by atoms with E-state index in [1.165, 1.54) is 11.3 Å². The summed E-state index contributed by atoms with van der Waals surface area (Å²) in [5.41, 5.74) is 6.56. The molecule has 0 unspecified atom stereocenters. The average Bonchev–Trinajstić information content (AvgIpc) is 3.02. The topological polar surface area (TPSA) is 67.5 Å². The maximum absolute atomic E-state index is 11.9. The molecule has 3 rings (SSSR count). The molecule has 5 heteroatoms. The van der Waals surface area contributed by atoms with Crippen molar-refractivity contribution in [3.05, 3.63) is 64.9 Å². The molecule has 104 valence electrons. The second kappa shape index (κ2) is 5.76. The molecule has 0 aliphatic heterocycles. The number of hydrogen-bond acceptors (Lipinski definition) is 3. The molecular formula is C16H13N3OS. The third-order valence-corrected chi connectivity index (χ3v) is 3.86. The SMILES string of the molecule is NC(=Nc1cccc2ccccc12)NC(=O)c1cccs1. The standard InChI is InChI=1S/C16H13N3OS/c17-16(19-15(20)14-9-4-10-21-14)18-13-8-3-6-11-5-1-2-7-12(11)13/h1-10H,(H3,17,18,19,20). The number of guanidine groups is 1. The summed E-state index contributed by atoms with van der Waals surface area (Å²) < 4.78 is 0. The number of hydrogen-bond donors (Lipinski definition) is 2. The van der Waals surface area contributed by atoms with Crippen LogP contribution in [0.2, 0.25) is 0 Å². The fraction of sp³-hybridized carbons (Fsp3) is 0. The largest absolute Gasteiger partial charge is 0.369 e. The second-order valence-electron chi connectivity index (χ2n) is 4.43. The molecule has 4 nitrogen and oxygen atoms in total. The van der Waals surface area contributed by atoms with Gasteiger partial charge in [0.15, 0.2) is 0 Å². The van der Waals surface area contributed by atoms with E-state index in [-0.39, 0.29) is 11.9 Å². The van der Waals surface area contributed by atoms with Crippen molar-refractivity contribution in [2.75, 3.05) is 0 Å². The quantitative estimate of drug-likeness (QED) is 0.563. The predicted molar refractivity (Wildman–Crippen MR) is 87.0 cm³/mol. The van der Waals surface area contributed by atoms with Crippen LogP contribution in [0.1, 0.15) is 9.67 Å². The van der Waals surface area contributed by atoms with E-state index in [4.69, 9.17) is 5.73 Å². The predicted octanol–water partition coefficient (Wildman–Crippen LogP) is 3.28. The van der Waals surface area contributed by atoms with Gasteiger partial charge >= 0.3 is 0 Å². The van der Waals surface area contributed by atoms with Gasteiger partial charge in [-0.15, -0.1) is 11.3 Å². The monoisotopic (exact) mass is 295 g/mol. The van der Waals surface area contributed by atoms with Crippen LogP contribution in [0.3, 0.4) is 0 Å². The van der Waals surface area contributed by atoms with Crippen LogP contribution in [-0.2, 0) is 0 Å². The van der Waals surface area contributed by atoms with Crippen LogP contribution < -0.4 is 11.1 Å². The second-order valence-corrected chi connectivity index (χ2v) is 5.37. The molecule has 3 N–H and O–H groups in total. The maximum Gasteiger partial charge on any atom is 0.268 e. The zero-order valence-corrected chi connectivity index (χ0v) is 11.9. The minimum Gasteiger partial charge on any atom is -0.369 e. The number of aliphatic imine (C=N–C) groups is 1. The van der Waals surface area contributed by atoms with Gasteiger partial charge in [-0.3, -0.25) is 10.1 Å². The molecule has 0 saturated carbocycles. The minimum absolute atomic E-state index is 0.0877. The third-order valence-electron chi connectivity index (χ3n) is 2.99. The summed E-state index contributed by atoms with van der Waals surface area (Å²) >= 11 is 1.36.